The average Bonchev–Trinajstić information content (AvgIpc) is 2.29. The first kappa shape index (κ1) is 14.3. The first-order valence-electron chi connectivity index (χ1n) is 6.34. The smallest absolute Gasteiger partial charge is 0.0476 e. The minimum absolute atomic E-state index is 0.845. The van der Waals surface area contributed by atoms with E-state index in [9.17, 15) is 0 Å². The van der Waals surface area contributed by atoms with Gasteiger partial charge in [0.05, 0.1) is 0 Å². The Morgan fingerprint density at radius 2 is 2.00 bits per heavy atom. The van der Waals surface area contributed by atoms with Crippen molar-refractivity contribution in [2.24, 2.45) is 0 Å². The number of hydrogen-bond donors (Lipinski definition) is 1. The summed E-state index contributed by atoms with van der Waals surface area (Å²) in [6.45, 7) is 5.41. The van der Waals surface area contributed by atoms with Gasteiger partial charge in [-0.05, 0) is 46.4 Å². The first-order chi connectivity index (χ1) is 7.79. The summed E-state index contributed by atoms with van der Waals surface area (Å²) in [7, 11) is 4.25. The zero-order valence-electron chi connectivity index (χ0n) is 10.7. The number of ether oxygens (including phenoxy) is 1. The molecule has 0 aromatic heterocycles. The summed E-state index contributed by atoms with van der Waals surface area (Å²) in [6, 6.07) is 0. The maximum atomic E-state index is 5.35. The van der Waals surface area contributed by atoms with Gasteiger partial charge in [0.1, 0.15) is 0 Å². The molecule has 1 aliphatic rings. The second kappa shape index (κ2) is 9.28. The van der Waals surface area contributed by atoms with Crippen LogP contribution >= 0.6 is 11.8 Å². The van der Waals surface area contributed by atoms with Crippen LogP contribution < -0.4 is 5.32 Å². The molecule has 1 rings (SSSR count). The van der Waals surface area contributed by atoms with Crippen molar-refractivity contribution < 1.29 is 4.74 Å². The van der Waals surface area contributed by atoms with Crippen LogP contribution in [0.2, 0.25) is 0 Å². The largest absolute Gasteiger partial charge is 0.381 e. The molecule has 0 aromatic carbocycles. The lowest BCUT2D eigenvalue weighted by atomic mass is 10.2. The van der Waals surface area contributed by atoms with E-state index in [1.807, 2.05) is 0 Å². The molecule has 0 spiro atoms. The first-order valence-corrected chi connectivity index (χ1v) is 7.38. The van der Waals surface area contributed by atoms with Crippen LogP contribution in [0, 0.1) is 0 Å². The normalized spacial score (nSPS) is 18.2. The second-order valence-corrected chi connectivity index (χ2v) is 6.00. The second-order valence-electron chi connectivity index (χ2n) is 4.59. The van der Waals surface area contributed by atoms with Gasteiger partial charge in [0.2, 0.25) is 0 Å². The van der Waals surface area contributed by atoms with Crippen molar-refractivity contribution in [3.8, 4) is 0 Å². The summed E-state index contributed by atoms with van der Waals surface area (Å²) >= 11 is 2.11. The Balaban J connectivity index is 1.80. The summed E-state index contributed by atoms with van der Waals surface area (Å²) in [5.74, 6) is 1.24. The van der Waals surface area contributed by atoms with E-state index in [0.717, 1.165) is 31.6 Å². The predicted octanol–water partition coefficient (Wildman–Crippen LogP) is 1.44. The molecule has 16 heavy (non-hydrogen) atoms. The fraction of sp³-hybridized carbons (Fsp3) is 1.00. The molecule has 1 heterocycles. The molecule has 96 valence electrons. The minimum Gasteiger partial charge on any atom is -0.381 e. The van der Waals surface area contributed by atoms with Crippen LogP contribution in [-0.4, -0.2) is 62.8 Å². The number of rotatable bonds is 8. The van der Waals surface area contributed by atoms with E-state index < -0.39 is 0 Å². The van der Waals surface area contributed by atoms with E-state index in [-0.39, 0.29) is 0 Å². The number of thioether (sulfide) groups is 1. The molecule has 0 unspecified atom stereocenters. The van der Waals surface area contributed by atoms with E-state index in [4.69, 9.17) is 4.74 Å². The van der Waals surface area contributed by atoms with Gasteiger partial charge in [-0.15, -0.1) is 0 Å². The van der Waals surface area contributed by atoms with Crippen molar-refractivity contribution in [1.82, 2.24) is 10.2 Å². The van der Waals surface area contributed by atoms with E-state index >= 15 is 0 Å². The van der Waals surface area contributed by atoms with Crippen LogP contribution in [-0.2, 0) is 4.74 Å². The van der Waals surface area contributed by atoms with Gasteiger partial charge in [-0.25, -0.2) is 0 Å². The monoisotopic (exact) mass is 246 g/mol. The molecule has 1 fully saturated rings. The summed E-state index contributed by atoms with van der Waals surface area (Å²) in [6.07, 6.45) is 3.73. The third kappa shape index (κ3) is 7.49. The minimum atomic E-state index is 0.845. The third-order valence-corrected chi connectivity index (χ3v) is 4.14. The average molecular weight is 246 g/mol. The van der Waals surface area contributed by atoms with Gasteiger partial charge in [0.25, 0.3) is 0 Å². The molecule has 1 N–H and O–H groups in total. The quantitative estimate of drug-likeness (QED) is 0.655. The van der Waals surface area contributed by atoms with Crippen molar-refractivity contribution in [2.75, 3.05) is 52.7 Å². The van der Waals surface area contributed by atoms with E-state index in [0.29, 0.717) is 0 Å². The Morgan fingerprint density at radius 1 is 1.25 bits per heavy atom. The standard InChI is InChI=1S/C12H26N2OS/c1-14(2)8-3-6-13-7-11-16-12-4-9-15-10-5-12/h12-13H,3-11H2,1-2H3. The van der Waals surface area contributed by atoms with Crippen molar-refractivity contribution >= 4 is 11.8 Å². The molecule has 1 aliphatic heterocycles. The van der Waals surface area contributed by atoms with Crippen LogP contribution in [0.4, 0.5) is 0 Å². The highest BCUT2D eigenvalue weighted by Gasteiger charge is 2.13. The molecule has 3 nitrogen and oxygen atoms in total. The Bertz CT molecular complexity index is 161. The molecule has 0 aromatic rings. The zero-order chi connectivity index (χ0) is 11.6. The number of hydrogen-bond acceptors (Lipinski definition) is 4. The fourth-order valence-corrected chi connectivity index (χ4v) is 2.91. The van der Waals surface area contributed by atoms with Crippen LogP contribution in [0.1, 0.15) is 19.3 Å². The van der Waals surface area contributed by atoms with Crippen LogP contribution in [0.25, 0.3) is 0 Å². The Morgan fingerprint density at radius 3 is 2.69 bits per heavy atom. The van der Waals surface area contributed by atoms with Crippen molar-refractivity contribution in [3.63, 3.8) is 0 Å². The molecule has 0 radical (unpaired) electrons. The van der Waals surface area contributed by atoms with Gasteiger partial charge >= 0.3 is 0 Å². The number of nitrogens with zero attached hydrogens (tertiary/aromatic N) is 1. The van der Waals surface area contributed by atoms with Crippen molar-refractivity contribution in [2.45, 2.75) is 24.5 Å². The molecule has 1 saturated heterocycles. The van der Waals surface area contributed by atoms with E-state index in [1.165, 1.54) is 31.6 Å². The Kier molecular flexibility index (Phi) is 8.29. The van der Waals surface area contributed by atoms with E-state index in [1.54, 1.807) is 0 Å². The van der Waals surface area contributed by atoms with Crippen molar-refractivity contribution in [1.29, 1.82) is 0 Å². The van der Waals surface area contributed by atoms with Gasteiger partial charge in [0, 0.05) is 30.8 Å². The highest BCUT2D eigenvalue weighted by Crippen LogP contribution is 2.21. The molecule has 0 bridgehead atoms. The summed E-state index contributed by atoms with van der Waals surface area (Å²) in [5, 5.41) is 4.35. The molecule has 4 heteroatoms. The lowest BCUT2D eigenvalue weighted by Gasteiger charge is -2.21. The Hall–Kier alpha value is 0.230. The van der Waals surface area contributed by atoms with Gasteiger partial charge < -0.3 is 15.0 Å². The summed E-state index contributed by atoms with van der Waals surface area (Å²) in [4.78, 5) is 2.23. The highest BCUT2D eigenvalue weighted by molar-refractivity contribution is 7.99. The lowest BCUT2D eigenvalue weighted by molar-refractivity contribution is 0.100. The molecule has 0 amide bonds. The van der Waals surface area contributed by atoms with Gasteiger partial charge in [-0.1, -0.05) is 0 Å². The molecular weight excluding hydrogens is 220 g/mol. The Labute approximate surface area is 104 Å². The van der Waals surface area contributed by atoms with Gasteiger partial charge in [-0.2, -0.15) is 11.8 Å². The number of nitrogens with one attached hydrogen (secondary N) is 1. The third-order valence-electron chi connectivity index (χ3n) is 2.76. The van der Waals surface area contributed by atoms with Crippen LogP contribution in [0.3, 0.4) is 0 Å². The molecular formula is C12H26N2OS. The van der Waals surface area contributed by atoms with Crippen molar-refractivity contribution in [3.05, 3.63) is 0 Å². The topological polar surface area (TPSA) is 24.5 Å². The van der Waals surface area contributed by atoms with Crippen LogP contribution in [0.15, 0.2) is 0 Å². The van der Waals surface area contributed by atoms with Crippen LogP contribution in [0.5, 0.6) is 0 Å². The van der Waals surface area contributed by atoms with Gasteiger partial charge in [0.15, 0.2) is 0 Å². The molecule has 0 saturated carbocycles. The molecule has 0 atom stereocenters. The zero-order valence-corrected chi connectivity index (χ0v) is 11.5. The maximum Gasteiger partial charge on any atom is 0.0476 e. The predicted molar refractivity (Wildman–Crippen MR) is 72.3 cm³/mol. The fourth-order valence-electron chi connectivity index (χ4n) is 1.79. The SMILES string of the molecule is CN(C)CCCNCCSC1CCOCC1. The van der Waals surface area contributed by atoms with E-state index in [2.05, 4.69) is 36.1 Å². The summed E-state index contributed by atoms with van der Waals surface area (Å²) in [5.41, 5.74) is 0. The lowest BCUT2D eigenvalue weighted by Crippen LogP contribution is -2.24. The van der Waals surface area contributed by atoms with Gasteiger partial charge in [-0.3, -0.25) is 0 Å². The highest BCUT2D eigenvalue weighted by atomic mass is 32.2. The maximum absolute atomic E-state index is 5.35. The summed E-state index contributed by atoms with van der Waals surface area (Å²) < 4.78 is 5.35. The molecule has 0 aliphatic carbocycles.